The van der Waals surface area contributed by atoms with Gasteiger partial charge in [0, 0.05) is 19.2 Å². The number of hydrogen-bond acceptors (Lipinski definition) is 2. The number of hydrogen-bond donors (Lipinski definition) is 1. The predicted octanol–water partition coefficient (Wildman–Crippen LogP) is 3.95. The van der Waals surface area contributed by atoms with Gasteiger partial charge in [-0.05, 0) is 31.0 Å². The van der Waals surface area contributed by atoms with Crippen LogP contribution in [0.2, 0.25) is 5.02 Å². The first-order valence-electron chi connectivity index (χ1n) is 6.41. The van der Waals surface area contributed by atoms with Crippen LogP contribution < -0.4 is 5.32 Å². The summed E-state index contributed by atoms with van der Waals surface area (Å²) >= 11 is 5.65. The van der Waals surface area contributed by atoms with Crippen molar-refractivity contribution in [2.45, 2.75) is 32.7 Å². The molecule has 0 bridgehead atoms. The first kappa shape index (κ1) is 15.4. The second kappa shape index (κ2) is 8.46. The topological polar surface area (TPSA) is 21.3 Å². The van der Waals surface area contributed by atoms with E-state index in [1.165, 1.54) is 6.07 Å². The molecule has 1 aromatic rings. The standard InChI is InChI=1S/C14H21ClFNO/c1-3-4-8-18-9-7-17-11(2)12-5-6-13(15)14(16)10-12/h5-6,10-11,17H,3-4,7-9H2,1-2H3. The summed E-state index contributed by atoms with van der Waals surface area (Å²) in [6, 6.07) is 4.98. The maximum Gasteiger partial charge on any atom is 0.142 e. The van der Waals surface area contributed by atoms with E-state index >= 15 is 0 Å². The molecule has 0 aromatic heterocycles. The maximum atomic E-state index is 13.3. The highest BCUT2D eigenvalue weighted by molar-refractivity contribution is 6.30. The largest absolute Gasteiger partial charge is 0.380 e. The van der Waals surface area contributed by atoms with Crippen LogP contribution in [0.25, 0.3) is 0 Å². The lowest BCUT2D eigenvalue weighted by Crippen LogP contribution is -2.23. The van der Waals surface area contributed by atoms with Crippen molar-refractivity contribution < 1.29 is 9.13 Å². The monoisotopic (exact) mass is 273 g/mol. The van der Waals surface area contributed by atoms with Crippen LogP contribution in [0.1, 0.15) is 38.3 Å². The summed E-state index contributed by atoms with van der Waals surface area (Å²) in [5.74, 6) is -0.373. The fraction of sp³-hybridized carbons (Fsp3) is 0.571. The molecule has 0 spiro atoms. The highest BCUT2D eigenvalue weighted by atomic mass is 35.5. The zero-order chi connectivity index (χ0) is 13.4. The third-order valence-corrected chi connectivity index (χ3v) is 3.09. The second-order valence-corrected chi connectivity index (χ2v) is 4.72. The van der Waals surface area contributed by atoms with E-state index in [4.69, 9.17) is 16.3 Å². The van der Waals surface area contributed by atoms with Crippen molar-refractivity contribution in [2.24, 2.45) is 0 Å². The van der Waals surface area contributed by atoms with Crippen molar-refractivity contribution >= 4 is 11.6 Å². The fourth-order valence-corrected chi connectivity index (χ4v) is 1.71. The van der Waals surface area contributed by atoms with Gasteiger partial charge in [0.05, 0.1) is 11.6 Å². The van der Waals surface area contributed by atoms with Crippen LogP contribution in [0.15, 0.2) is 18.2 Å². The molecule has 0 amide bonds. The smallest absolute Gasteiger partial charge is 0.142 e. The molecule has 0 saturated heterocycles. The lowest BCUT2D eigenvalue weighted by atomic mass is 10.1. The highest BCUT2D eigenvalue weighted by Gasteiger charge is 2.07. The fourth-order valence-electron chi connectivity index (χ4n) is 1.60. The third-order valence-electron chi connectivity index (χ3n) is 2.78. The molecule has 1 rings (SSSR count). The van der Waals surface area contributed by atoms with E-state index in [0.29, 0.717) is 6.61 Å². The Hall–Kier alpha value is -0.640. The second-order valence-electron chi connectivity index (χ2n) is 4.32. The Labute approximate surface area is 113 Å². The summed E-state index contributed by atoms with van der Waals surface area (Å²) in [5.41, 5.74) is 0.894. The zero-order valence-electron chi connectivity index (χ0n) is 11.0. The predicted molar refractivity (Wildman–Crippen MR) is 73.6 cm³/mol. The van der Waals surface area contributed by atoms with Gasteiger partial charge < -0.3 is 10.1 Å². The van der Waals surface area contributed by atoms with Gasteiger partial charge in [0.1, 0.15) is 5.82 Å². The van der Waals surface area contributed by atoms with Gasteiger partial charge in [0.25, 0.3) is 0 Å². The van der Waals surface area contributed by atoms with E-state index in [0.717, 1.165) is 31.6 Å². The number of unbranched alkanes of at least 4 members (excludes halogenated alkanes) is 1. The minimum Gasteiger partial charge on any atom is -0.380 e. The Morgan fingerprint density at radius 3 is 2.83 bits per heavy atom. The number of rotatable bonds is 8. The molecule has 0 aliphatic carbocycles. The molecule has 0 radical (unpaired) electrons. The Balaban J connectivity index is 2.27. The van der Waals surface area contributed by atoms with E-state index in [1.807, 2.05) is 13.0 Å². The number of nitrogens with one attached hydrogen (secondary N) is 1. The Kier molecular flexibility index (Phi) is 7.25. The van der Waals surface area contributed by atoms with E-state index < -0.39 is 0 Å². The average molecular weight is 274 g/mol. The van der Waals surface area contributed by atoms with Gasteiger partial charge in [-0.2, -0.15) is 0 Å². The molecule has 1 atom stereocenters. The van der Waals surface area contributed by atoms with Crippen molar-refractivity contribution in [1.29, 1.82) is 0 Å². The summed E-state index contributed by atoms with van der Waals surface area (Å²) in [4.78, 5) is 0. The molecule has 2 nitrogen and oxygen atoms in total. The maximum absolute atomic E-state index is 13.3. The van der Waals surface area contributed by atoms with Gasteiger partial charge in [0.15, 0.2) is 0 Å². The summed E-state index contributed by atoms with van der Waals surface area (Å²) in [6.07, 6.45) is 2.24. The molecule has 4 heteroatoms. The van der Waals surface area contributed by atoms with Gasteiger partial charge >= 0.3 is 0 Å². The summed E-state index contributed by atoms with van der Waals surface area (Å²) in [7, 11) is 0. The van der Waals surface area contributed by atoms with Crippen LogP contribution in [-0.4, -0.2) is 19.8 Å². The molecule has 0 saturated carbocycles. The lowest BCUT2D eigenvalue weighted by molar-refractivity contribution is 0.131. The summed E-state index contributed by atoms with van der Waals surface area (Å²) in [5, 5.41) is 3.45. The average Bonchev–Trinajstić information content (AvgIpc) is 2.36. The molecular weight excluding hydrogens is 253 g/mol. The van der Waals surface area contributed by atoms with Crippen molar-refractivity contribution in [1.82, 2.24) is 5.32 Å². The molecule has 1 unspecified atom stereocenters. The van der Waals surface area contributed by atoms with Gasteiger partial charge in [-0.15, -0.1) is 0 Å². The summed E-state index contributed by atoms with van der Waals surface area (Å²) < 4.78 is 18.7. The van der Waals surface area contributed by atoms with Crippen LogP contribution in [0.5, 0.6) is 0 Å². The zero-order valence-corrected chi connectivity index (χ0v) is 11.8. The highest BCUT2D eigenvalue weighted by Crippen LogP contribution is 2.19. The van der Waals surface area contributed by atoms with Crippen LogP contribution in [0.3, 0.4) is 0 Å². The molecule has 0 heterocycles. The van der Waals surface area contributed by atoms with Crippen LogP contribution in [0.4, 0.5) is 4.39 Å². The van der Waals surface area contributed by atoms with Crippen molar-refractivity contribution in [3.8, 4) is 0 Å². The van der Waals surface area contributed by atoms with Crippen molar-refractivity contribution in [2.75, 3.05) is 19.8 Å². The van der Waals surface area contributed by atoms with Gasteiger partial charge in [0.2, 0.25) is 0 Å². The van der Waals surface area contributed by atoms with E-state index in [9.17, 15) is 4.39 Å². The molecule has 0 aliphatic rings. The van der Waals surface area contributed by atoms with E-state index in [1.54, 1.807) is 6.07 Å². The normalized spacial score (nSPS) is 12.7. The van der Waals surface area contributed by atoms with Crippen molar-refractivity contribution in [3.05, 3.63) is 34.6 Å². The SMILES string of the molecule is CCCCOCCNC(C)c1ccc(Cl)c(F)c1. The molecule has 0 fully saturated rings. The van der Waals surface area contributed by atoms with Gasteiger partial charge in [-0.25, -0.2) is 4.39 Å². The van der Waals surface area contributed by atoms with Crippen LogP contribution >= 0.6 is 11.6 Å². The van der Waals surface area contributed by atoms with Crippen LogP contribution in [0, 0.1) is 5.82 Å². The number of halogens is 2. The quantitative estimate of drug-likeness (QED) is 0.724. The van der Waals surface area contributed by atoms with E-state index in [-0.39, 0.29) is 16.9 Å². The van der Waals surface area contributed by atoms with Crippen LogP contribution in [-0.2, 0) is 4.74 Å². The Morgan fingerprint density at radius 2 is 2.17 bits per heavy atom. The first-order valence-corrected chi connectivity index (χ1v) is 6.79. The molecular formula is C14H21ClFNO. The van der Waals surface area contributed by atoms with Gasteiger partial charge in [-0.1, -0.05) is 31.0 Å². The third kappa shape index (κ3) is 5.34. The lowest BCUT2D eigenvalue weighted by Gasteiger charge is -2.14. The number of ether oxygens (including phenoxy) is 1. The Bertz CT molecular complexity index is 360. The van der Waals surface area contributed by atoms with Crippen molar-refractivity contribution in [3.63, 3.8) is 0 Å². The van der Waals surface area contributed by atoms with E-state index in [2.05, 4.69) is 12.2 Å². The minimum atomic E-state index is -0.373. The molecule has 1 aromatic carbocycles. The molecule has 18 heavy (non-hydrogen) atoms. The first-order chi connectivity index (χ1) is 8.65. The molecule has 0 aliphatic heterocycles. The molecule has 102 valence electrons. The Morgan fingerprint density at radius 1 is 1.39 bits per heavy atom. The van der Waals surface area contributed by atoms with Gasteiger partial charge in [-0.3, -0.25) is 0 Å². The molecule has 1 N–H and O–H groups in total. The summed E-state index contributed by atoms with van der Waals surface area (Å²) in [6.45, 7) is 6.38. The number of benzene rings is 1. The minimum absolute atomic E-state index is 0.0894.